The van der Waals surface area contributed by atoms with Crippen LogP contribution in [0.2, 0.25) is 5.02 Å². The molecule has 0 saturated carbocycles. The summed E-state index contributed by atoms with van der Waals surface area (Å²) in [5, 5.41) is 22.0. The highest BCUT2D eigenvalue weighted by molar-refractivity contribution is 7.91. The monoisotopic (exact) mass is 621 g/mol. The molecule has 0 amide bonds. The van der Waals surface area contributed by atoms with Gasteiger partial charge in [-0.15, -0.1) is 0 Å². The lowest BCUT2D eigenvalue weighted by atomic mass is 10.0. The highest BCUT2D eigenvalue weighted by atomic mass is 35.5. The van der Waals surface area contributed by atoms with Crippen LogP contribution in [0, 0.1) is 0 Å². The quantitative estimate of drug-likeness (QED) is 0.131. The van der Waals surface area contributed by atoms with E-state index in [9.17, 15) is 23.4 Å². The SMILES string of the molecule is CCCC(=O)Oc1ccc(S(=O)(=O)c2ccc(CC(CO)N(Cc3ccccc3)CC(O)c3cccc(Cl)c3)cc2)cc1. The first-order valence-electron chi connectivity index (χ1n) is 14.2. The van der Waals surface area contributed by atoms with Crippen LogP contribution in [-0.2, 0) is 27.6 Å². The van der Waals surface area contributed by atoms with E-state index in [0.717, 1.165) is 11.1 Å². The number of aliphatic hydroxyl groups is 2. The summed E-state index contributed by atoms with van der Waals surface area (Å²) in [6, 6.07) is 28.9. The van der Waals surface area contributed by atoms with Crippen LogP contribution >= 0.6 is 11.6 Å². The molecule has 7 nitrogen and oxygen atoms in total. The molecule has 226 valence electrons. The van der Waals surface area contributed by atoms with Crippen LogP contribution in [0.4, 0.5) is 0 Å². The number of sulfone groups is 1. The van der Waals surface area contributed by atoms with Crippen molar-refractivity contribution in [2.45, 2.75) is 54.7 Å². The van der Waals surface area contributed by atoms with E-state index in [1.165, 1.54) is 24.3 Å². The number of hydrogen-bond acceptors (Lipinski definition) is 7. The minimum absolute atomic E-state index is 0.0906. The molecule has 0 aromatic heterocycles. The fourth-order valence-electron chi connectivity index (χ4n) is 4.80. The van der Waals surface area contributed by atoms with Crippen molar-refractivity contribution in [3.63, 3.8) is 0 Å². The highest BCUT2D eigenvalue weighted by Gasteiger charge is 2.24. The molecular formula is C34H36ClNO6S. The maximum Gasteiger partial charge on any atom is 0.311 e. The third-order valence-electron chi connectivity index (χ3n) is 7.12. The Bertz CT molecular complexity index is 1580. The maximum absolute atomic E-state index is 13.3. The number of benzene rings is 4. The zero-order valence-electron chi connectivity index (χ0n) is 24.0. The predicted octanol–water partition coefficient (Wildman–Crippen LogP) is 6.02. The standard InChI is InChI=1S/C34H36ClNO6S/c1-2-7-34(39)42-30-14-18-32(19-15-30)43(40,41)31-16-12-25(13-17-31)20-29(24-37)36(22-26-8-4-3-5-9-26)23-33(38)27-10-6-11-28(35)21-27/h3-6,8-19,21,29,33,37-38H,2,7,20,22-24H2,1H3. The minimum atomic E-state index is -3.80. The molecule has 4 aromatic carbocycles. The Balaban J connectivity index is 1.50. The van der Waals surface area contributed by atoms with Crippen LogP contribution in [0.1, 0.15) is 42.6 Å². The largest absolute Gasteiger partial charge is 0.427 e. The smallest absolute Gasteiger partial charge is 0.311 e. The van der Waals surface area contributed by atoms with Gasteiger partial charge in [-0.2, -0.15) is 0 Å². The van der Waals surface area contributed by atoms with Crippen molar-refractivity contribution in [3.8, 4) is 5.75 Å². The summed E-state index contributed by atoms with van der Waals surface area (Å²) in [6.07, 6.45) is 0.557. The fourth-order valence-corrected chi connectivity index (χ4v) is 6.26. The zero-order chi connectivity index (χ0) is 30.8. The Morgan fingerprint density at radius 1 is 0.884 bits per heavy atom. The molecule has 2 atom stereocenters. The van der Waals surface area contributed by atoms with Gasteiger partial charge in [0.2, 0.25) is 9.84 Å². The zero-order valence-corrected chi connectivity index (χ0v) is 25.5. The van der Waals surface area contributed by atoms with Crippen molar-refractivity contribution in [2.75, 3.05) is 13.2 Å². The summed E-state index contributed by atoms with van der Waals surface area (Å²) in [6.45, 7) is 2.47. The van der Waals surface area contributed by atoms with Crippen molar-refractivity contribution in [2.24, 2.45) is 0 Å². The molecule has 0 aliphatic heterocycles. The second-order valence-electron chi connectivity index (χ2n) is 10.4. The number of aliphatic hydroxyl groups excluding tert-OH is 2. The third kappa shape index (κ3) is 8.98. The van der Waals surface area contributed by atoms with Crippen LogP contribution in [0.15, 0.2) is 113 Å². The van der Waals surface area contributed by atoms with Crippen molar-refractivity contribution < 1.29 is 28.2 Å². The van der Waals surface area contributed by atoms with Crippen molar-refractivity contribution in [1.29, 1.82) is 0 Å². The summed E-state index contributed by atoms with van der Waals surface area (Å²) in [4.78, 5) is 14.0. The third-order valence-corrected chi connectivity index (χ3v) is 9.14. The number of hydrogen-bond donors (Lipinski definition) is 2. The molecule has 43 heavy (non-hydrogen) atoms. The summed E-state index contributed by atoms with van der Waals surface area (Å²) < 4.78 is 31.7. The number of carbonyl (C=O) groups is 1. The number of carbonyl (C=O) groups excluding carboxylic acids is 1. The van der Waals surface area contributed by atoms with Crippen molar-refractivity contribution in [3.05, 3.63) is 125 Å². The lowest BCUT2D eigenvalue weighted by molar-refractivity contribution is -0.134. The maximum atomic E-state index is 13.3. The van der Waals surface area contributed by atoms with E-state index >= 15 is 0 Å². The summed E-state index contributed by atoms with van der Waals surface area (Å²) in [7, 11) is -3.80. The van der Waals surface area contributed by atoms with Crippen LogP contribution in [0.3, 0.4) is 0 Å². The van der Waals surface area contributed by atoms with Gasteiger partial charge in [0.1, 0.15) is 5.75 Å². The van der Waals surface area contributed by atoms with E-state index in [1.54, 1.807) is 42.5 Å². The van der Waals surface area contributed by atoms with Gasteiger partial charge in [-0.3, -0.25) is 9.69 Å². The molecule has 2 N–H and O–H groups in total. The van der Waals surface area contributed by atoms with E-state index in [0.29, 0.717) is 35.7 Å². The van der Waals surface area contributed by atoms with Gasteiger partial charge in [0.25, 0.3) is 0 Å². The average molecular weight is 622 g/mol. The molecule has 0 heterocycles. The van der Waals surface area contributed by atoms with Gasteiger partial charge in [-0.05, 0) is 78.1 Å². The van der Waals surface area contributed by atoms with Gasteiger partial charge in [0, 0.05) is 30.6 Å². The second-order valence-corrected chi connectivity index (χ2v) is 12.8. The van der Waals surface area contributed by atoms with Crippen LogP contribution < -0.4 is 4.74 Å². The van der Waals surface area contributed by atoms with Gasteiger partial charge in [-0.25, -0.2) is 8.42 Å². The van der Waals surface area contributed by atoms with Crippen molar-refractivity contribution in [1.82, 2.24) is 4.90 Å². The summed E-state index contributed by atoms with van der Waals surface area (Å²) in [5.41, 5.74) is 2.56. The summed E-state index contributed by atoms with van der Waals surface area (Å²) in [5.74, 6) is -0.0699. The van der Waals surface area contributed by atoms with Crippen LogP contribution in [-0.4, -0.2) is 48.7 Å². The average Bonchev–Trinajstić information content (AvgIpc) is 3.00. The Labute approximate surface area is 258 Å². The van der Waals surface area contributed by atoms with Gasteiger partial charge in [-0.1, -0.05) is 73.1 Å². The molecule has 4 aromatic rings. The summed E-state index contributed by atoms with van der Waals surface area (Å²) >= 11 is 6.15. The Kier molecular flexibility index (Phi) is 11.5. The van der Waals surface area contributed by atoms with E-state index in [4.69, 9.17) is 16.3 Å². The molecule has 9 heteroatoms. The number of nitrogens with zero attached hydrogens (tertiary/aromatic N) is 1. The molecule has 0 spiro atoms. The first-order chi connectivity index (χ1) is 20.7. The number of rotatable bonds is 14. The van der Waals surface area contributed by atoms with Gasteiger partial charge in [0.15, 0.2) is 0 Å². The molecule has 4 rings (SSSR count). The first-order valence-corrected chi connectivity index (χ1v) is 16.0. The predicted molar refractivity (Wildman–Crippen MR) is 167 cm³/mol. The molecule has 0 bridgehead atoms. The van der Waals surface area contributed by atoms with Gasteiger partial charge < -0.3 is 14.9 Å². The lowest BCUT2D eigenvalue weighted by Gasteiger charge is -2.32. The molecule has 0 aliphatic carbocycles. The molecular weight excluding hydrogens is 586 g/mol. The molecule has 0 fully saturated rings. The number of halogens is 1. The topological polar surface area (TPSA) is 104 Å². The Hall–Kier alpha value is -3.53. The molecule has 0 saturated heterocycles. The first kappa shape index (κ1) is 32.4. The fraction of sp³-hybridized carbons (Fsp3) is 0.265. The molecule has 0 radical (unpaired) electrons. The van der Waals surface area contributed by atoms with Crippen molar-refractivity contribution >= 4 is 27.4 Å². The van der Waals surface area contributed by atoms with E-state index in [-0.39, 0.29) is 41.4 Å². The van der Waals surface area contributed by atoms with E-state index < -0.39 is 15.9 Å². The van der Waals surface area contributed by atoms with Crippen LogP contribution in [0.5, 0.6) is 5.75 Å². The Morgan fingerprint density at radius 3 is 2.14 bits per heavy atom. The lowest BCUT2D eigenvalue weighted by Crippen LogP contribution is -2.41. The van der Waals surface area contributed by atoms with Gasteiger partial charge >= 0.3 is 5.97 Å². The van der Waals surface area contributed by atoms with Gasteiger partial charge in [0.05, 0.1) is 22.5 Å². The second kappa shape index (κ2) is 15.3. The number of esters is 1. The molecule has 0 aliphatic rings. The molecule has 2 unspecified atom stereocenters. The Morgan fingerprint density at radius 2 is 1.53 bits per heavy atom. The minimum Gasteiger partial charge on any atom is -0.427 e. The van der Waals surface area contributed by atoms with E-state index in [2.05, 4.69) is 0 Å². The van der Waals surface area contributed by atoms with E-state index in [1.807, 2.05) is 48.2 Å². The normalized spacial score (nSPS) is 13.0. The van der Waals surface area contributed by atoms with Crippen LogP contribution in [0.25, 0.3) is 0 Å². The highest BCUT2D eigenvalue weighted by Crippen LogP contribution is 2.26. The number of ether oxygens (including phenoxy) is 1.